The van der Waals surface area contributed by atoms with Crippen molar-refractivity contribution in [3.63, 3.8) is 0 Å². The van der Waals surface area contributed by atoms with Crippen molar-refractivity contribution in [3.05, 3.63) is 17.7 Å². The Balaban J connectivity index is 1.66. The largest absolute Gasteiger partial charge is 0.480 e. The minimum absolute atomic E-state index is 0.487. The van der Waals surface area contributed by atoms with Gasteiger partial charge in [0.05, 0.1) is 17.7 Å². The number of carboxylic acid groups (broad SMARTS) is 1. The van der Waals surface area contributed by atoms with Crippen LogP contribution in [0.1, 0.15) is 69.7 Å². The highest BCUT2D eigenvalue weighted by atomic mass is 16.4. The summed E-state index contributed by atoms with van der Waals surface area (Å²) >= 11 is 0. The molecular weight excluding hydrogens is 278 g/mol. The first kappa shape index (κ1) is 17.0. The van der Waals surface area contributed by atoms with E-state index in [4.69, 9.17) is 5.11 Å². The van der Waals surface area contributed by atoms with Gasteiger partial charge in [-0.3, -0.25) is 10.1 Å². The number of carbonyl (C=O) groups is 1. The van der Waals surface area contributed by atoms with Crippen molar-refractivity contribution in [2.45, 2.75) is 83.8 Å². The van der Waals surface area contributed by atoms with E-state index in [9.17, 15) is 4.79 Å². The average Bonchev–Trinajstić information content (AvgIpc) is 2.92. The van der Waals surface area contributed by atoms with E-state index in [1.54, 1.807) is 0 Å². The predicted molar refractivity (Wildman–Crippen MR) is 86.8 cm³/mol. The number of fused-ring (bicyclic) bond motifs is 1. The number of aliphatic carboxylic acids is 1. The Morgan fingerprint density at radius 2 is 1.95 bits per heavy atom. The molecule has 0 amide bonds. The zero-order valence-corrected chi connectivity index (χ0v) is 13.7. The molecule has 0 saturated carbocycles. The molecule has 124 valence electrons. The monoisotopic (exact) mass is 307 g/mol. The van der Waals surface area contributed by atoms with E-state index in [1.807, 2.05) is 6.33 Å². The first-order valence-electron chi connectivity index (χ1n) is 8.71. The normalized spacial score (nSPS) is 17.4. The van der Waals surface area contributed by atoms with Crippen LogP contribution in [0.15, 0.2) is 6.33 Å². The number of hydrogen-bond donors (Lipinski definition) is 2. The molecule has 0 bridgehead atoms. The molecule has 2 N–H and O–H groups in total. The van der Waals surface area contributed by atoms with Crippen LogP contribution in [-0.4, -0.2) is 26.7 Å². The molecule has 2 rings (SSSR count). The highest BCUT2D eigenvalue weighted by Crippen LogP contribution is 2.17. The molecule has 1 aromatic rings. The van der Waals surface area contributed by atoms with Gasteiger partial charge in [0.15, 0.2) is 0 Å². The molecule has 0 aromatic carbocycles. The van der Waals surface area contributed by atoms with Gasteiger partial charge in [0, 0.05) is 19.5 Å². The molecule has 5 heteroatoms. The lowest BCUT2D eigenvalue weighted by Crippen LogP contribution is -2.42. The second-order valence-corrected chi connectivity index (χ2v) is 6.28. The summed E-state index contributed by atoms with van der Waals surface area (Å²) in [6.45, 7) is 3.86. The smallest absolute Gasteiger partial charge is 0.321 e. The van der Waals surface area contributed by atoms with Gasteiger partial charge in [0.1, 0.15) is 6.04 Å². The maximum atomic E-state index is 11.0. The van der Waals surface area contributed by atoms with Gasteiger partial charge in [0.2, 0.25) is 0 Å². The van der Waals surface area contributed by atoms with E-state index in [0.717, 1.165) is 12.2 Å². The molecule has 0 aliphatic carbocycles. The van der Waals surface area contributed by atoms with Gasteiger partial charge in [-0.05, 0) is 6.42 Å². The summed E-state index contributed by atoms with van der Waals surface area (Å²) in [7, 11) is 0. The fourth-order valence-corrected chi connectivity index (χ4v) is 3.09. The summed E-state index contributed by atoms with van der Waals surface area (Å²) in [5.74, 6) is -0.789. The Morgan fingerprint density at radius 1 is 1.27 bits per heavy atom. The Morgan fingerprint density at radius 3 is 2.64 bits per heavy atom. The SMILES string of the molecule is CCCCCCCCCCn1cnc2c1CNC(C(=O)O)C2. The highest BCUT2D eigenvalue weighted by molar-refractivity contribution is 5.74. The fraction of sp³-hybridized carbons (Fsp3) is 0.765. The maximum Gasteiger partial charge on any atom is 0.321 e. The van der Waals surface area contributed by atoms with Crippen LogP contribution in [0.3, 0.4) is 0 Å². The molecule has 2 heterocycles. The first-order chi connectivity index (χ1) is 10.7. The summed E-state index contributed by atoms with van der Waals surface area (Å²) in [6.07, 6.45) is 12.9. The Kier molecular flexibility index (Phi) is 6.90. The lowest BCUT2D eigenvalue weighted by atomic mass is 10.1. The van der Waals surface area contributed by atoms with Crippen molar-refractivity contribution >= 4 is 5.97 Å². The van der Waals surface area contributed by atoms with Gasteiger partial charge < -0.3 is 9.67 Å². The number of rotatable bonds is 10. The molecule has 0 fully saturated rings. The summed E-state index contributed by atoms with van der Waals surface area (Å²) < 4.78 is 2.19. The van der Waals surface area contributed by atoms with Crippen LogP contribution in [0, 0.1) is 0 Å². The van der Waals surface area contributed by atoms with Gasteiger partial charge >= 0.3 is 5.97 Å². The van der Waals surface area contributed by atoms with Crippen molar-refractivity contribution in [2.75, 3.05) is 0 Å². The van der Waals surface area contributed by atoms with Crippen molar-refractivity contribution in [3.8, 4) is 0 Å². The molecule has 5 nitrogen and oxygen atoms in total. The third kappa shape index (κ3) is 4.83. The van der Waals surface area contributed by atoms with Gasteiger partial charge in [-0.1, -0.05) is 51.9 Å². The third-order valence-electron chi connectivity index (χ3n) is 4.50. The van der Waals surface area contributed by atoms with E-state index in [0.29, 0.717) is 13.0 Å². The van der Waals surface area contributed by atoms with E-state index in [2.05, 4.69) is 21.8 Å². The molecule has 22 heavy (non-hydrogen) atoms. The molecule has 1 aliphatic heterocycles. The zero-order valence-electron chi connectivity index (χ0n) is 13.7. The summed E-state index contributed by atoms with van der Waals surface area (Å²) in [4.78, 5) is 15.4. The first-order valence-corrected chi connectivity index (χ1v) is 8.71. The number of carboxylic acids is 1. The summed E-state index contributed by atoms with van der Waals surface area (Å²) in [5.41, 5.74) is 2.12. The van der Waals surface area contributed by atoms with Crippen LogP contribution in [0.4, 0.5) is 0 Å². The van der Waals surface area contributed by atoms with E-state index in [-0.39, 0.29) is 0 Å². The number of hydrogen-bond acceptors (Lipinski definition) is 3. The van der Waals surface area contributed by atoms with Crippen LogP contribution < -0.4 is 5.32 Å². The van der Waals surface area contributed by atoms with Crippen LogP contribution >= 0.6 is 0 Å². The van der Waals surface area contributed by atoms with Crippen LogP contribution in [0.25, 0.3) is 0 Å². The minimum Gasteiger partial charge on any atom is -0.480 e. The van der Waals surface area contributed by atoms with Gasteiger partial charge in [0.25, 0.3) is 0 Å². The Labute approximate surface area is 133 Å². The number of imidazole rings is 1. The zero-order chi connectivity index (χ0) is 15.8. The number of unbranched alkanes of at least 4 members (excludes halogenated alkanes) is 7. The molecular formula is C17H29N3O2. The quantitative estimate of drug-likeness (QED) is 0.652. The molecule has 0 spiro atoms. The number of nitrogens with one attached hydrogen (secondary N) is 1. The molecule has 1 aromatic heterocycles. The topological polar surface area (TPSA) is 67.2 Å². The van der Waals surface area contributed by atoms with Crippen LogP contribution in [0.5, 0.6) is 0 Å². The van der Waals surface area contributed by atoms with Gasteiger partial charge in [-0.25, -0.2) is 4.98 Å². The predicted octanol–water partition coefficient (Wildman–Crippen LogP) is 3.12. The molecule has 1 aliphatic rings. The fourth-order valence-electron chi connectivity index (χ4n) is 3.09. The van der Waals surface area contributed by atoms with E-state index < -0.39 is 12.0 Å². The van der Waals surface area contributed by atoms with Crippen LogP contribution in [-0.2, 0) is 24.3 Å². The molecule has 0 saturated heterocycles. The minimum atomic E-state index is -0.789. The number of nitrogens with zero attached hydrogens (tertiary/aromatic N) is 2. The average molecular weight is 307 g/mol. The third-order valence-corrected chi connectivity index (χ3v) is 4.50. The number of aryl methyl sites for hydroxylation is 1. The van der Waals surface area contributed by atoms with Crippen molar-refractivity contribution < 1.29 is 9.90 Å². The molecule has 1 atom stereocenters. The summed E-state index contributed by atoms with van der Waals surface area (Å²) in [6, 6.07) is -0.487. The maximum absolute atomic E-state index is 11.0. The van der Waals surface area contributed by atoms with Crippen molar-refractivity contribution in [2.24, 2.45) is 0 Å². The Hall–Kier alpha value is -1.36. The Bertz CT molecular complexity index is 470. The molecule has 1 unspecified atom stereocenters. The standard InChI is InChI=1S/C17H29N3O2/c1-2-3-4-5-6-7-8-9-10-20-13-19-14-11-15(17(21)22)18-12-16(14)20/h13,15,18H,2-12H2,1H3,(H,21,22). The second kappa shape index (κ2) is 8.93. The lowest BCUT2D eigenvalue weighted by molar-refractivity contribution is -0.139. The van der Waals surface area contributed by atoms with Gasteiger partial charge in [-0.2, -0.15) is 0 Å². The number of aromatic nitrogens is 2. The van der Waals surface area contributed by atoms with Crippen molar-refractivity contribution in [1.29, 1.82) is 0 Å². The van der Waals surface area contributed by atoms with E-state index >= 15 is 0 Å². The second-order valence-electron chi connectivity index (χ2n) is 6.28. The highest BCUT2D eigenvalue weighted by Gasteiger charge is 2.26. The lowest BCUT2D eigenvalue weighted by Gasteiger charge is -2.21. The van der Waals surface area contributed by atoms with Gasteiger partial charge in [-0.15, -0.1) is 0 Å². The molecule has 0 radical (unpaired) electrons. The van der Waals surface area contributed by atoms with Crippen LogP contribution in [0.2, 0.25) is 0 Å². The summed E-state index contributed by atoms with van der Waals surface area (Å²) in [5, 5.41) is 12.1. The van der Waals surface area contributed by atoms with Crippen molar-refractivity contribution in [1.82, 2.24) is 14.9 Å². The van der Waals surface area contributed by atoms with E-state index in [1.165, 1.54) is 57.1 Å².